The molecule has 1 saturated heterocycles. The van der Waals surface area contributed by atoms with E-state index in [0.717, 1.165) is 16.1 Å². The molecule has 1 amide bonds. The minimum Gasteiger partial charge on any atom is -0.480 e. The number of amides is 1. The second kappa shape index (κ2) is 8.48. The summed E-state index contributed by atoms with van der Waals surface area (Å²) in [6.45, 7) is 2.79. The Labute approximate surface area is 145 Å². The predicted octanol–water partition coefficient (Wildman–Crippen LogP) is 0.616. The number of nitrogens with zero attached hydrogens (tertiary/aromatic N) is 1. The third kappa shape index (κ3) is 4.07. The summed E-state index contributed by atoms with van der Waals surface area (Å²) in [4.78, 5) is 25.8. The molecular formula is C16H23N3O4S. The molecule has 8 heteroatoms. The fourth-order valence-corrected chi connectivity index (χ4v) is 3.65. The van der Waals surface area contributed by atoms with Crippen LogP contribution in [0.4, 0.5) is 5.69 Å². The first-order chi connectivity index (χ1) is 11.5. The molecule has 0 radical (unpaired) electrons. The van der Waals surface area contributed by atoms with Gasteiger partial charge in [-0.3, -0.25) is 9.59 Å². The molecule has 132 valence electrons. The van der Waals surface area contributed by atoms with Crippen LogP contribution >= 0.6 is 11.9 Å². The average molecular weight is 353 g/mol. The van der Waals surface area contributed by atoms with Crippen LogP contribution in [0.3, 0.4) is 0 Å². The molecule has 1 aromatic carbocycles. The molecule has 0 spiro atoms. The Kier molecular flexibility index (Phi) is 6.61. The first-order valence-corrected chi connectivity index (χ1v) is 8.72. The van der Waals surface area contributed by atoms with Crippen LogP contribution in [0, 0.1) is 0 Å². The number of likely N-dealkylation sites (N-methyl/N-ethyl adjacent to an activating group) is 1. The van der Waals surface area contributed by atoms with Gasteiger partial charge in [-0.05, 0) is 43.1 Å². The molecule has 2 rings (SSSR count). The third-order valence-corrected chi connectivity index (χ3v) is 4.95. The standard InChI is InChI=1S/C16H23N3O4S/c1-3-10-12(19-8-7-13(20)15(19)21)5-4-6-14(10)24-18-11(9-17-2)16(22)23/h4-6,11,13,17-18,20H,3,7-9H2,1-2H3,(H,22,23)/t11-,13?/m0/s1. The molecule has 1 aliphatic heterocycles. The maximum atomic E-state index is 12.1. The molecule has 7 nitrogen and oxygen atoms in total. The van der Waals surface area contributed by atoms with Gasteiger partial charge in [-0.2, -0.15) is 0 Å². The smallest absolute Gasteiger partial charge is 0.322 e. The molecule has 2 atom stereocenters. The fourth-order valence-electron chi connectivity index (χ4n) is 2.68. The fraction of sp³-hybridized carbons (Fsp3) is 0.500. The molecule has 0 saturated carbocycles. The summed E-state index contributed by atoms with van der Waals surface area (Å²) in [5, 5.41) is 21.7. The highest BCUT2D eigenvalue weighted by Gasteiger charge is 2.32. The highest BCUT2D eigenvalue weighted by atomic mass is 32.2. The summed E-state index contributed by atoms with van der Waals surface area (Å²) in [5.41, 5.74) is 1.75. The first-order valence-electron chi connectivity index (χ1n) is 7.90. The molecule has 1 unspecified atom stereocenters. The number of rotatable bonds is 8. The quantitative estimate of drug-likeness (QED) is 0.508. The topological polar surface area (TPSA) is 102 Å². The van der Waals surface area contributed by atoms with Crippen molar-refractivity contribution in [3.63, 3.8) is 0 Å². The van der Waals surface area contributed by atoms with E-state index in [0.29, 0.717) is 25.9 Å². The molecule has 0 aliphatic carbocycles. The molecule has 0 bridgehead atoms. The van der Waals surface area contributed by atoms with Crippen LogP contribution < -0.4 is 14.9 Å². The summed E-state index contributed by atoms with van der Waals surface area (Å²) in [7, 11) is 1.70. The van der Waals surface area contributed by atoms with Gasteiger partial charge in [-0.15, -0.1) is 0 Å². The second-order valence-electron chi connectivity index (χ2n) is 5.57. The second-order valence-corrected chi connectivity index (χ2v) is 6.45. The number of carboxylic acid groups (broad SMARTS) is 1. The van der Waals surface area contributed by atoms with Crippen LogP contribution in [-0.4, -0.2) is 54.4 Å². The number of carbonyl (C=O) groups excluding carboxylic acids is 1. The predicted molar refractivity (Wildman–Crippen MR) is 93.1 cm³/mol. The van der Waals surface area contributed by atoms with Crippen molar-refractivity contribution in [2.45, 2.75) is 36.8 Å². The maximum absolute atomic E-state index is 12.1. The number of benzene rings is 1. The number of anilines is 1. The molecule has 1 aliphatic rings. The monoisotopic (exact) mass is 353 g/mol. The Bertz CT molecular complexity index is 611. The number of aliphatic carboxylic acids is 1. The highest BCUT2D eigenvalue weighted by Crippen LogP contribution is 2.32. The molecule has 24 heavy (non-hydrogen) atoms. The zero-order valence-corrected chi connectivity index (χ0v) is 14.6. The lowest BCUT2D eigenvalue weighted by Crippen LogP contribution is -2.40. The van der Waals surface area contributed by atoms with Gasteiger partial charge in [0, 0.05) is 30.1 Å². The van der Waals surface area contributed by atoms with Crippen LogP contribution in [0.15, 0.2) is 23.1 Å². The number of nitrogens with one attached hydrogen (secondary N) is 2. The van der Waals surface area contributed by atoms with E-state index in [-0.39, 0.29) is 5.91 Å². The van der Waals surface area contributed by atoms with Crippen molar-refractivity contribution in [1.82, 2.24) is 10.0 Å². The maximum Gasteiger partial charge on any atom is 0.322 e. The van der Waals surface area contributed by atoms with E-state index in [1.165, 1.54) is 11.9 Å². The Balaban J connectivity index is 2.20. The number of carboxylic acids is 1. The SMILES string of the molecule is CCc1c(SN[C@@H](CNC)C(=O)O)cccc1N1CCC(O)C1=O. The molecule has 1 heterocycles. The van der Waals surface area contributed by atoms with Crippen molar-refractivity contribution in [3.05, 3.63) is 23.8 Å². The molecule has 4 N–H and O–H groups in total. The Hall–Kier alpha value is -1.61. The zero-order valence-electron chi connectivity index (χ0n) is 13.8. The third-order valence-electron chi connectivity index (χ3n) is 3.95. The van der Waals surface area contributed by atoms with E-state index >= 15 is 0 Å². The van der Waals surface area contributed by atoms with Crippen molar-refractivity contribution in [3.8, 4) is 0 Å². The van der Waals surface area contributed by atoms with E-state index in [1.54, 1.807) is 11.9 Å². The van der Waals surface area contributed by atoms with Crippen molar-refractivity contribution >= 4 is 29.5 Å². The zero-order chi connectivity index (χ0) is 17.7. The number of carbonyl (C=O) groups is 2. The van der Waals surface area contributed by atoms with Crippen LogP contribution in [-0.2, 0) is 16.0 Å². The number of hydrogen-bond donors (Lipinski definition) is 4. The molecule has 0 aromatic heterocycles. The lowest BCUT2D eigenvalue weighted by atomic mass is 10.1. The van der Waals surface area contributed by atoms with Gasteiger partial charge in [0.25, 0.3) is 5.91 Å². The van der Waals surface area contributed by atoms with Crippen molar-refractivity contribution in [2.24, 2.45) is 0 Å². The molecule has 1 aromatic rings. The Morgan fingerprint density at radius 1 is 1.50 bits per heavy atom. The Morgan fingerprint density at radius 2 is 2.25 bits per heavy atom. The van der Waals surface area contributed by atoms with Gasteiger partial charge >= 0.3 is 5.97 Å². The minimum atomic E-state index is -0.934. The number of hydrogen-bond acceptors (Lipinski definition) is 6. The summed E-state index contributed by atoms with van der Waals surface area (Å²) < 4.78 is 2.95. The van der Waals surface area contributed by atoms with Gasteiger partial charge in [0.2, 0.25) is 0 Å². The molecular weight excluding hydrogens is 330 g/mol. The summed E-state index contributed by atoms with van der Waals surface area (Å²) in [6.07, 6.45) is 0.196. The minimum absolute atomic E-state index is 0.279. The summed E-state index contributed by atoms with van der Waals surface area (Å²) >= 11 is 1.25. The highest BCUT2D eigenvalue weighted by molar-refractivity contribution is 7.97. The van der Waals surface area contributed by atoms with E-state index in [2.05, 4.69) is 10.0 Å². The summed E-state index contributed by atoms with van der Waals surface area (Å²) in [5.74, 6) is -1.21. The van der Waals surface area contributed by atoms with Crippen LogP contribution in [0.2, 0.25) is 0 Å². The van der Waals surface area contributed by atoms with Gasteiger partial charge in [0.15, 0.2) is 0 Å². The van der Waals surface area contributed by atoms with E-state index in [4.69, 9.17) is 0 Å². The average Bonchev–Trinajstić information content (AvgIpc) is 2.90. The number of aliphatic hydroxyl groups excluding tert-OH is 1. The number of aliphatic hydroxyl groups is 1. The first kappa shape index (κ1) is 18.7. The van der Waals surface area contributed by atoms with Gasteiger partial charge < -0.3 is 20.4 Å². The lowest BCUT2D eigenvalue weighted by Gasteiger charge is -2.22. The van der Waals surface area contributed by atoms with Crippen molar-refractivity contribution in [1.29, 1.82) is 0 Å². The van der Waals surface area contributed by atoms with Gasteiger partial charge in [-0.1, -0.05) is 13.0 Å². The normalized spacial score (nSPS) is 18.9. The van der Waals surface area contributed by atoms with Crippen molar-refractivity contribution < 1.29 is 19.8 Å². The molecule has 1 fully saturated rings. The van der Waals surface area contributed by atoms with Gasteiger partial charge in [0.1, 0.15) is 12.1 Å². The largest absolute Gasteiger partial charge is 0.480 e. The van der Waals surface area contributed by atoms with Crippen molar-refractivity contribution in [2.75, 3.05) is 25.0 Å². The van der Waals surface area contributed by atoms with Gasteiger partial charge in [0.05, 0.1) is 0 Å². The van der Waals surface area contributed by atoms with E-state index in [1.807, 2.05) is 25.1 Å². The Morgan fingerprint density at radius 3 is 2.79 bits per heavy atom. The van der Waals surface area contributed by atoms with Crippen LogP contribution in [0.1, 0.15) is 18.9 Å². The van der Waals surface area contributed by atoms with Crippen LogP contribution in [0.5, 0.6) is 0 Å². The summed E-state index contributed by atoms with van der Waals surface area (Å²) in [6, 6.07) is 4.88. The van der Waals surface area contributed by atoms with Crippen LogP contribution in [0.25, 0.3) is 0 Å². The van der Waals surface area contributed by atoms with E-state index < -0.39 is 18.1 Å². The van der Waals surface area contributed by atoms with E-state index in [9.17, 15) is 19.8 Å². The van der Waals surface area contributed by atoms with Gasteiger partial charge in [-0.25, -0.2) is 4.72 Å². The lowest BCUT2D eigenvalue weighted by molar-refractivity contribution is -0.138.